The number of likely N-dealkylation sites (tertiary alicyclic amines) is 1. The van der Waals surface area contributed by atoms with Gasteiger partial charge in [0.15, 0.2) is 0 Å². The summed E-state index contributed by atoms with van der Waals surface area (Å²) >= 11 is 5.97. The number of nitrogens with one attached hydrogen (secondary N) is 1. The number of hydrogen-bond acceptors (Lipinski definition) is 3. The predicted octanol–water partition coefficient (Wildman–Crippen LogP) is 3.14. The standard InChI is InChI=1S/C17H26ClN3O.ClH/c1-4-10-17(2,19)16(22)20-14-9-11-21(3)15(14)12-5-7-13(18)8-6-12;/h5-8,14-15H,4,9-11,19H2,1-3H3,(H,20,22);1H. The molecule has 0 spiro atoms. The van der Waals surface area contributed by atoms with Crippen molar-refractivity contribution in [1.82, 2.24) is 10.2 Å². The fraction of sp³-hybridized carbons (Fsp3) is 0.588. The van der Waals surface area contributed by atoms with Crippen LogP contribution < -0.4 is 11.1 Å². The molecule has 23 heavy (non-hydrogen) atoms. The highest BCUT2D eigenvalue weighted by molar-refractivity contribution is 6.30. The highest BCUT2D eigenvalue weighted by atomic mass is 35.5. The van der Waals surface area contributed by atoms with E-state index in [9.17, 15) is 4.79 Å². The van der Waals surface area contributed by atoms with Gasteiger partial charge < -0.3 is 11.1 Å². The molecule has 1 aliphatic heterocycles. The summed E-state index contributed by atoms with van der Waals surface area (Å²) in [5, 5.41) is 3.88. The predicted molar refractivity (Wildman–Crippen MR) is 98.1 cm³/mol. The number of carbonyl (C=O) groups excluding carboxylic acids is 1. The normalized spacial score (nSPS) is 23.9. The minimum Gasteiger partial charge on any atom is -0.350 e. The van der Waals surface area contributed by atoms with E-state index in [2.05, 4.69) is 17.3 Å². The summed E-state index contributed by atoms with van der Waals surface area (Å²) in [6.45, 7) is 4.80. The van der Waals surface area contributed by atoms with Gasteiger partial charge in [-0.2, -0.15) is 0 Å². The highest BCUT2D eigenvalue weighted by Gasteiger charge is 2.37. The maximum atomic E-state index is 12.5. The van der Waals surface area contributed by atoms with E-state index in [1.54, 1.807) is 0 Å². The summed E-state index contributed by atoms with van der Waals surface area (Å²) in [4.78, 5) is 14.7. The Bertz CT molecular complexity index is 519. The molecule has 4 nitrogen and oxygen atoms in total. The Morgan fingerprint density at radius 1 is 1.43 bits per heavy atom. The fourth-order valence-electron chi connectivity index (χ4n) is 3.21. The van der Waals surface area contributed by atoms with Crippen LogP contribution >= 0.6 is 24.0 Å². The van der Waals surface area contributed by atoms with Gasteiger partial charge in [0.2, 0.25) is 5.91 Å². The summed E-state index contributed by atoms with van der Waals surface area (Å²) in [5.74, 6) is -0.0615. The zero-order valence-electron chi connectivity index (χ0n) is 14.0. The lowest BCUT2D eigenvalue weighted by Crippen LogP contribution is -2.54. The van der Waals surface area contributed by atoms with Gasteiger partial charge in [0.1, 0.15) is 0 Å². The number of carbonyl (C=O) groups is 1. The molecule has 3 unspecified atom stereocenters. The number of likely N-dealkylation sites (N-methyl/N-ethyl adjacent to an activating group) is 1. The molecule has 1 aliphatic rings. The van der Waals surface area contributed by atoms with E-state index in [-0.39, 0.29) is 30.4 Å². The molecule has 0 aromatic heterocycles. The van der Waals surface area contributed by atoms with Crippen molar-refractivity contribution in [3.05, 3.63) is 34.9 Å². The van der Waals surface area contributed by atoms with Crippen molar-refractivity contribution >= 4 is 29.9 Å². The third-order valence-corrected chi connectivity index (χ3v) is 4.72. The number of halogens is 2. The van der Waals surface area contributed by atoms with E-state index in [0.29, 0.717) is 6.42 Å². The summed E-state index contributed by atoms with van der Waals surface area (Å²) < 4.78 is 0. The summed E-state index contributed by atoms with van der Waals surface area (Å²) in [6.07, 6.45) is 2.51. The van der Waals surface area contributed by atoms with Crippen LogP contribution in [0.1, 0.15) is 44.7 Å². The molecule has 1 amide bonds. The molecule has 1 saturated heterocycles. The van der Waals surface area contributed by atoms with Gasteiger partial charge >= 0.3 is 0 Å². The lowest BCUT2D eigenvalue weighted by Gasteiger charge is -2.30. The van der Waals surface area contributed by atoms with Crippen LogP contribution in [0.15, 0.2) is 24.3 Å². The second-order valence-electron chi connectivity index (χ2n) is 6.51. The zero-order valence-corrected chi connectivity index (χ0v) is 15.6. The first-order valence-corrected chi connectivity index (χ1v) is 8.28. The van der Waals surface area contributed by atoms with Gasteiger partial charge in [0.05, 0.1) is 11.6 Å². The van der Waals surface area contributed by atoms with Crippen LogP contribution in [0.3, 0.4) is 0 Å². The fourth-order valence-corrected chi connectivity index (χ4v) is 3.34. The van der Waals surface area contributed by atoms with Gasteiger partial charge in [0.25, 0.3) is 0 Å². The number of rotatable bonds is 5. The molecule has 1 fully saturated rings. The van der Waals surface area contributed by atoms with Crippen molar-refractivity contribution in [2.24, 2.45) is 5.73 Å². The maximum Gasteiger partial charge on any atom is 0.240 e. The highest BCUT2D eigenvalue weighted by Crippen LogP contribution is 2.32. The molecule has 2 rings (SSSR count). The molecular formula is C17H27Cl2N3O. The Hall–Kier alpha value is -0.810. The molecule has 0 aliphatic carbocycles. The largest absolute Gasteiger partial charge is 0.350 e. The van der Waals surface area contributed by atoms with Gasteiger partial charge in [-0.05, 0) is 44.5 Å². The summed E-state index contributed by atoms with van der Waals surface area (Å²) in [6, 6.07) is 8.10. The number of amides is 1. The van der Waals surface area contributed by atoms with Crippen LogP contribution in [0.25, 0.3) is 0 Å². The third-order valence-electron chi connectivity index (χ3n) is 4.46. The van der Waals surface area contributed by atoms with Crippen molar-refractivity contribution in [3.8, 4) is 0 Å². The van der Waals surface area contributed by atoms with Crippen molar-refractivity contribution in [3.63, 3.8) is 0 Å². The van der Waals surface area contributed by atoms with E-state index in [0.717, 1.165) is 24.4 Å². The van der Waals surface area contributed by atoms with Gasteiger partial charge in [-0.15, -0.1) is 12.4 Å². The molecule has 3 N–H and O–H groups in total. The molecule has 0 radical (unpaired) electrons. The van der Waals surface area contributed by atoms with Crippen LogP contribution in [-0.2, 0) is 4.79 Å². The lowest BCUT2D eigenvalue weighted by atomic mass is 9.94. The third kappa shape index (κ3) is 4.83. The first-order chi connectivity index (χ1) is 10.3. The van der Waals surface area contributed by atoms with E-state index < -0.39 is 5.54 Å². The quantitative estimate of drug-likeness (QED) is 0.848. The lowest BCUT2D eigenvalue weighted by molar-refractivity contribution is -0.127. The van der Waals surface area contributed by atoms with Gasteiger partial charge in [-0.3, -0.25) is 9.69 Å². The topological polar surface area (TPSA) is 58.4 Å². The van der Waals surface area contributed by atoms with E-state index >= 15 is 0 Å². The van der Waals surface area contributed by atoms with Crippen LogP contribution in [0.4, 0.5) is 0 Å². The molecule has 0 bridgehead atoms. The van der Waals surface area contributed by atoms with Crippen molar-refractivity contribution in [2.45, 2.75) is 50.7 Å². The van der Waals surface area contributed by atoms with Crippen molar-refractivity contribution < 1.29 is 4.79 Å². The van der Waals surface area contributed by atoms with Gasteiger partial charge in [0, 0.05) is 17.6 Å². The molecule has 6 heteroatoms. The van der Waals surface area contributed by atoms with Gasteiger partial charge in [-0.25, -0.2) is 0 Å². The minimum absolute atomic E-state index is 0. The van der Waals surface area contributed by atoms with Crippen LogP contribution in [0.5, 0.6) is 0 Å². The van der Waals surface area contributed by atoms with Crippen LogP contribution in [0, 0.1) is 0 Å². The van der Waals surface area contributed by atoms with E-state index in [1.165, 1.54) is 5.56 Å². The molecule has 1 heterocycles. The first-order valence-electron chi connectivity index (χ1n) is 7.90. The second-order valence-corrected chi connectivity index (χ2v) is 6.95. The van der Waals surface area contributed by atoms with E-state index in [1.807, 2.05) is 38.1 Å². The van der Waals surface area contributed by atoms with Crippen LogP contribution in [-0.4, -0.2) is 36.0 Å². The molecular weight excluding hydrogens is 333 g/mol. The Morgan fingerprint density at radius 2 is 2.04 bits per heavy atom. The smallest absolute Gasteiger partial charge is 0.240 e. The summed E-state index contributed by atoms with van der Waals surface area (Å²) in [7, 11) is 2.08. The zero-order chi connectivity index (χ0) is 16.3. The Labute approximate surface area is 150 Å². The SMILES string of the molecule is CCCC(C)(N)C(=O)NC1CCN(C)C1c1ccc(Cl)cc1.Cl. The molecule has 130 valence electrons. The Kier molecular flexibility index (Phi) is 7.33. The Morgan fingerprint density at radius 3 is 2.61 bits per heavy atom. The number of nitrogens with zero attached hydrogens (tertiary/aromatic N) is 1. The molecule has 1 aromatic carbocycles. The number of benzene rings is 1. The second kappa shape index (κ2) is 8.34. The number of hydrogen-bond donors (Lipinski definition) is 2. The minimum atomic E-state index is -0.805. The average Bonchev–Trinajstić information content (AvgIpc) is 2.81. The average molecular weight is 360 g/mol. The molecule has 3 atom stereocenters. The number of nitrogens with two attached hydrogens (primary N) is 1. The van der Waals surface area contributed by atoms with Crippen molar-refractivity contribution in [2.75, 3.05) is 13.6 Å². The first kappa shape index (κ1) is 20.2. The molecule has 0 saturated carbocycles. The molecule has 1 aromatic rings. The van der Waals surface area contributed by atoms with Crippen LogP contribution in [0.2, 0.25) is 5.02 Å². The van der Waals surface area contributed by atoms with Crippen molar-refractivity contribution in [1.29, 1.82) is 0 Å². The summed E-state index contributed by atoms with van der Waals surface area (Å²) in [5.41, 5.74) is 6.51. The van der Waals surface area contributed by atoms with E-state index in [4.69, 9.17) is 17.3 Å². The Balaban J connectivity index is 0.00000264. The monoisotopic (exact) mass is 359 g/mol. The maximum absolute atomic E-state index is 12.5. The van der Waals surface area contributed by atoms with Gasteiger partial charge in [-0.1, -0.05) is 37.1 Å².